The molecule has 1 aliphatic heterocycles. The van der Waals surface area contributed by atoms with E-state index in [-0.39, 0.29) is 24.7 Å². The van der Waals surface area contributed by atoms with Crippen molar-refractivity contribution in [2.75, 3.05) is 13.2 Å². The van der Waals surface area contributed by atoms with Crippen LogP contribution in [0.15, 0.2) is 0 Å². The molecule has 0 radical (unpaired) electrons. The number of carboxylic acids is 1. The second-order valence-corrected chi connectivity index (χ2v) is 2.60. The summed E-state index contributed by atoms with van der Waals surface area (Å²) in [5.74, 6) is -1.31. The molecule has 0 amide bonds. The quantitative estimate of drug-likeness (QED) is 0.617. The van der Waals surface area contributed by atoms with E-state index in [1.54, 1.807) is 0 Å². The Morgan fingerprint density at radius 1 is 1.73 bits per heavy atom. The SMILES string of the molecule is O=C(O)CC1CCOCC1=O. The Hall–Kier alpha value is -0.900. The number of ketones is 1. The van der Waals surface area contributed by atoms with Crippen LogP contribution in [-0.2, 0) is 14.3 Å². The second kappa shape index (κ2) is 3.48. The molecule has 0 aliphatic carbocycles. The molecular weight excluding hydrogens is 148 g/mol. The first-order chi connectivity index (χ1) is 5.20. The maximum Gasteiger partial charge on any atom is 0.304 e. The topological polar surface area (TPSA) is 63.6 Å². The summed E-state index contributed by atoms with van der Waals surface area (Å²) in [5, 5.41) is 8.39. The monoisotopic (exact) mass is 158 g/mol. The molecule has 1 saturated heterocycles. The zero-order valence-electron chi connectivity index (χ0n) is 6.08. The summed E-state index contributed by atoms with van der Waals surface area (Å²) in [7, 11) is 0. The predicted octanol–water partition coefficient (Wildman–Crippen LogP) is 0.0667. The van der Waals surface area contributed by atoms with Gasteiger partial charge < -0.3 is 9.84 Å². The van der Waals surface area contributed by atoms with E-state index in [2.05, 4.69) is 0 Å². The highest BCUT2D eigenvalue weighted by atomic mass is 16.5. The van der Waals surface area contributed by atoms with Gasteiger partial charge in [0.15, 0.2) is 5.78 Å². The van der Waals surface area contributed by atoms with Crippen LogP contribution in [0.1, 0.15) is 12.8 Å². The lowest BCUT2D eigenvalue weighted by Crippen LogP contribution is -2.29. The van der Waals surface area contributed by atoms with E-state index in [1.165, 1.54) is 0 Å². The molecule has 0 aromatic rings. The van der Waals surface area contributed by atoms with Crippen LogP contribution < -0.4 is 0 Å². The largest absolute Gasteiger partial charge is 0.481 e. The lowest BCUT2D eigenvalue weighted by molar-refractivity contribution is -0.144. The summed E-state index contributed by atoms with van der Waals surface area (Å²) >= 11 is 0. The molecule has 1 heterocycles. The Kier molecular flexibility index (Phi) is 2.59. The average molecular weight is 158 g/mol. The fraction of sp³-hybridized carbons (Fsp3) is 0.714. The minimum atomic E-state index is -0.912. The summed E-state index contributed by atoms with van der Waals surface area (Å²) in [5.41, 5.74) is 0. The number of hydrogen-bond acceptors (Lipinski definition) is 3. The highest BCUT2D eigenvalue weighted by Crippen LogP contribution is 2.14. The fourth-order valence-electron chi connectivity index (χ4n) is 1.10. The van der Waals surface area contributed by atoms with Gasteiger partial charge in [0.2, 0.25) is 0 Å². The molecule has 1 N–H and O–H groups in total. The molecule has 62 valence electrons. The van der Waals surface area contributed by atoms with Crippen LogP contribution >= 0.6 is 0 Å². The number of aliphatic carboxylic acids is 1. The van der Waals surface area contributed by atoms with Crippen LogP contribution in [0.4, 0.5) is 0 Å². The van der Waals surface area contributed by atoms with Crippen molar-refractivity contribution in [1.82, 2.24) is 0 Å². The van der Waals surface area contributed by atoms with Crippen LogP contribution in [0.5, 0.6) is 0 Å². The van der Waals surface area contributed by atoms with Crippen LogP contribution in [0.3, 0.4) is 0 Å². The van der Waals surface area contributed by atoms with Crippen molar-refractivity contribution < 1.29 is 19.4 Å². The average Bonchev–Trinajstić information content (AvgIpc) is 1.93. The lowest BCUT2D eigenvalue weighted by Gasteiger charge is -2.18. The van der Waals surface area contributed by atoms with E-state index in [0.717, 1.165) is 0 Å². The van der Waals surface area contributed by atoms with Gasteiger partial charge in [-0.05, 0) is 6.42 Å². The first kappa shape index (κ1) is 8.20. The Labute approximate surface area is 64.2 Å². The summed E-state index contributed by atoms with van der Waals surface area (Å²) in [6, 6.07) is 0. The fourth-order valence-corrected chi connectivity index (χ4v) is 1.10. The number of hydrogen-bond donors (Lipinski definition) is 1. The number of carbonyl (C=O) groups is 2. The molecule has 1 rings (SSSR count). The predicted molar refractivity (Wildman–Crippen MR) is 36.2 cm³/mol. The van der Waals surface area contributed by atoms with Gasteiger partial charge in [-0.3, -0.25) is 9.59 Å². The number of carbonyl (C=O) groups excluding carboxylic acids is 1. The highest BCUT2D eigenvalue weighted by molar-refractivity contribution is 5.86. The second-order valence-electron chi connectivity index (χ2n) is 2.60. The minimum absolute atomic E-state index is 0.0534. The van der Waals surface area contributed by atoms with Gasteiger partial charge in [0, 0.05) is 12.5 Å². The first-order valence-corrected chi connectivity index (χ1v) is 3.52. The summed E-state index contributed by atoms with van der Waals surface area (Å²) in [6.07, 6.45) is 0.493. The molecule has 4 heteroatoms. The molecule has 1 unspecified atom stereocenters. The molecule has 4 nitrogen and oxygen atoms in total. The molecule has 0 spiro atoms. The lowest BCUT2D eigenvalue weighted by atomic mass is 9.95. The Bertz CT molecular complexity index is 175. The molecule has 0 saturated carbocycles. The van der Waals surface area contributed by atoms with Gasteiger partial charge in [-0.15, -0.1) is 0 Å². The van der Waals surface area contributed by atoms with E-state index in [0.29, 0.717) is 13.0 Å². The molecule has 1 aliphatic rings. The molecule has 1 fully saturated rings. The normalized spacial score (nSPS) is 25.1. The maximum atomic E-state index is 10.9. The van der Waals surface area contributed by atoms with Gasteiger partial charge in [-0.2, -0.15) is 0 Å². The minimum Gasteiger partial charge on any atom is -0.481 e. The van der Waals surface area contributed by atoms with Gasteiger partial charge >= 0.3 is 5.97 Å². The highest BCUT2D eigenvalue weighted by Gasteiger charge is 2.24. The summed E-state index contributed by atoms with van der Waals surface area (Å²) in [6.45, 7) is 0.585. The van der Waals surface area contributed by atoms with E-state index in [4.69, 9.17) is 9.84 Å². The van der Waals surface area contributed by atoms with Crippen molar-refractivity contribution in [3.63, 3.8) is 0 Å². The third-order valence-corrected chi connectivity index (χ3v) is 1.73. The van der Waals surface area contributed by atoms with Crippen molar-refractivity contribution >= 4 is 11.8 Å². The van der Waals surface area contributed by atoms with Crippen LogP contribution in [0, 0.1) is 5.92 Å². The van der Waals surface area contributed by atoms with Gasteiger partial charge in [0.05, 0.1) is 6.42 Å². The molecular formula is C7H10O4. The third-order valence-electron chi connectivity index (χ3n) is 1.73. The van der Waals surface area contributed by atoms with Crippen molar-refractivity contribution in [3.05, 3.63) is 0 Å². The summed E-state index contributed by atoms with van der Waals surface area (Å²) < 4.78 is 4.85. The molecule has 0 aromatic carbocycles. The molecule has 0 bridgehead atoms. The Balaban J connectivity index is 2.42. The number of rotatable bonds is 2. The van der Waals surface area contributed by atoms with Crippen molar-refractivity contribution in [2.45, 2.75) is 12.8 Å². The Morgan fingerprint density at radius 2 is 2.45 bits per heavy atom. The standard InChI is InChI=1S/C7H10O4/c8-6-4-11-2-1-5(6)3-7(9)10/h5H,1-4H2,(H,9,10). The van der Waals surface area contributed by atoms with E-state index >= 15 is 0 Å². The van der Waals surface area contributed by atoms with E-state index in [9.17, 15) is 9.59 Å². The maximum absolute atomic E-state index is 10.9. The van der Waals surface area contributed by atoms with Crippen molar-refractivity contribution in [1.29, 1.82) is 0 Å². The van der Waals surface area contributed by atoms with Crippen molar-refractivity contribution in [2.24, 2.45) is 5.92 Å². The number of carboxylic acid groups (broad SMARTS) is 1. The van der Waals surface area contributed by atoms with Gasteiger partial charge in [-0.25, -0.2) is 0 Å². The van der Waals surface area contributed by atoms with Gasteiger partial charge in [0.1, 0.15) is 6.61 Å². The first-order valence-electron chi connectivity index (χ1n) is 3.52. The van der Waals surface area contributed by atoms with Gasteiger partial charge in [0.25, 0.3) is 0 Å². The van der Waals surface area contributed by atoms with E-state index < -0.39 is 5.97 Å². The summed E-state index contributed by atoms with van der Waals surface area (Å²) in [4.78, 5) is 21.2. The molecule has 0 aromatic heterocycles. The molecule has 1 atom stereocenters. The number of Topliss-reactive ketones (excluding diaryl/α,β-unsaturated/α-hetero) is 1. The Morgan fingerprint density at radius 3 is 3.00 bits per heavy atom. The zero-order chi connectivity index (χ0) is 8.27. The van der Waals surface area contributed by atoms with E-state index in [1.807, 2.05) is 0 Å². The zero-order valence-corrected chi connectivity index (χ0v) is 6.08. The van der Waals surface area contributed by atoms with Crippen LogP contribution in [-0.4, -0.2) is 30.1 Å². The third kappa shape index (κ3) is 2.31. The van der Waals surface area contributed by atoms with Crippen molar-refractivity contribution in [3.8, 4) is 0 Å². The molecule has 11 heavy (non-hydrogen) atoms. The van der Waals surface area contributed by atoms with Crippen LogP contribution in [0.2, 0.25) is 0 Å². The smallest absolute Gasteiger partial charge is 0.304 e. The van der Waals surface area contributed by atoms with Crippen LogP contribution in [0.25, 0.3) is 0 Å². The number of ether oxygens (including phenoxy) is 1. The van der Waals surface area contributed by atoms with Gasteiger partial charge in [-0.1, -0.05) is 0 Å².